The number of hydrogen-bond donors (Lipinski definition) is 1. The molecule has 4 rings (SSSR count). The highest BCUT2D eigenvalue weighted by Crippen LogP contribution is 2.19. The number of benzene rings is 2. The number of amides is 3. The van der Waals surface area contributed by atoms with E-state index in [1.807, 2.05) is 74.5 Å². The van der Waals surface area contributed by atoms with E-state index >= 15 is 0 Å². The van der Waals surface area contributed by atoms with Crippen LogP contribution < -0.4 is 5.32 Å². The van der Waals surface area contributed by atoms with Crippen molar-refractivity contribution in [3.05, 3.63) is 93.8 Å². The Morgan fingerprint density at radius 3 is 2.39 bits per heavy atom. The third kappa shape index (κ3) is 5.01. The van der Waals surface area contributed by atoms with E-state index in [1.54, 1.807) is 0 Å². The Hall–Kier alpha value is -3.38. The molecule has 0 aliphatic carbocycles. The number of nitrogens with one attached hydrogen (secondary N) is 1. The van der Waals surface area contributed by atoms with Crippen LogP contribution in [-0.2, 0) is 24.2 Å². The number of carbonyl (C=O) groups is 3. The second-order valence-corrected chi connectivity index (χ2v) is 8.79. The Morgan fingerprint density at radius 1 is 1.00 bits per heavy atom. The predicted octanol–water partition coefficient (Wildman–Crippen LogP) is 4.35. The van der Waals surface area contributed by atoms with Crippen molar-refractivity contribution < 1.29 is 14.4 Å². The van der Waals surface area contributed by atoms with Gasteiger partial charge in [-0.05, 0) is 49.6 Å². The predicted molar refractivity (Wildman–Crippen MR) is 128 cm³/mol. The number of carbonyl (C=O) groups excluding carboxylic acids is 3. The maximum Gasteiger partial charge on any atom is 0.325 e. The zero-order chi connectivity index (χ0) is 23.5. The van der Waals surface area contributed by atoms with Gasteiger partial charge in [0.15, 0.2) is 5.78 Å². The highest BCUT2D eigenvalue weighted by atomic mass is 35.5. The van der Waals surface area contributed by atoms with Crippen LogP contribution in [0.25, 0.3) is 0 Å². The number of urea groups is 1. The maximum absolute atomic E-state index is 13.1. The molecule has 1 aliphatic heterocycles. The highest BCUT2D eigenvalue weighted by molar-refractivity contribution is 6.30. The van der Waals surface area contributed by atoms with Crippen molar-refractivity contribution in [3.8, 4) is 0 Å². The van der Waals surface area contributed by atoms with Gasteiger partial charge in [0.1, 0.15) is 6.04 Å². The van der Waals surface area contributed by atoms with Crippen LogP contribution in [0.2, 0.25) is 5.02 Å². The zero-order valence-corrected chi connectivity index (χ0v) is 19.4. The maximum atomic E-state index is 13.1. The van der Waals surface area contributed by atoms with Crippen molar-refractivity contribution in [2.75, 3.05) is 6.54 Å². The summed E-state index contributed by atoms with van der Waals surface area (Å²) in [7, 11) is 0. The number of hydrogen-bond acceptors (Lipinski definition) is 3. The lowest BCUT2D eigenvalue weighted by Crippen LogP contribution is -2.36. The Labute approximate surface area is 198 Å². The molecule has 6 nitrogen and oxygen atoms in total. The molecule has 33 heavy (non-hydrogen) atoms. The lowest BCUT2D eigenvalue weighted by molar-refractivity contribution is -0.127. The van der Waals surface area contributed by atoms with Crippen LogP contribution in [-0.4, -0.2) is 39.8 Å². The van der Waals surface area contributed by atoms with Crippen LogP contribution in [0.1, 0.15) is 32.9 Å². The second kappa shape index (κ2) is 9.63. The van der Waals surface area contributed by atoms with Gasteiger partial charge in [-0.3, -0.25) is 14.5 Å². The van der Waals surface area contributed by atoms with Crippen LogP contribution in [0, 0.1) is 13.8 Å². The van der Waals surface area contributed by atoms with E-state index in [-0.39, 0.29) is 18.2 Å². The molecule has 2 aromatic carbocycles. The van der Waals surface area contributed by atoms with Crippen LogP contribution in [0.5, 0.6) is 0 Å². The van der Waals surface area contributed by atoms with Crippen molar-refractivity contribution in [2.45, 2.75) is 39.3 Å². The molecule has 7 heteroatoms. The number of ketones is 1. The summed E-state index contributed by atoms with van der Waals surface area (Å²) in [6.07, 6.45) is 1.20. The van der Waals surface area contributed by atoms with E-state index in [1.165, 1.54) is 0 Å². The zero-order valence-electron chi connectivity index (χ0n) is 18.7. The molecular formula is C26H26ClN3O3. The van der Waals surface area contributed by atoms with Crippen LogP contribution in [0.15, 0.2) is 60.7 Å². The van der Waals surface area contributed by atoms with Gasteiger partial charge in [0, 0.05) is 34.9 Å². The number of halogens is 1. The highest BCUT2D eigenvalue weighted by Gasteiger charge is 2.39. The topological polar surface area (TPSA) is 71.4 Å². The molecule has 1 aromatic heterocycles. The van der Waals surface area contributed by atoms with Gasteiger partial charge < -0.3 is 9.88 Å². The fraction of sp³-hybridized carbons (Fsp3) is 0.269. The first-order chi connectivity index (χ1) is 15.8. The summed E-state index contributed by atoms with van der Waals surface area (Å²) in [5.74, 6) is -0.613. The number of rotatable bonds is 8. The molecule has 0 bridgehead atoms. The van der Waals surface area contributed by atoms with Gasteiger partial charge in [-0.25, -0.2) is 4.79 Å². The van der Waals surface area contributed by atoms with E-state index in [4.69, 9.17) is 11.6 Å². The summed E-state index contributed by atoms with van der Waals surface area (Å²) >= 11 is 5.96. The molecule has 1 fully saturated rings. The fourth-order valence-electron chi connectivity index (χ4n) is 4.26. The minimum absolute atomic E-state index is 0.246. The van der Waals surface area contributed by atoms with Crippen molar-refractivity contribution in [2.24, 2.45) is 0 Å². The molecule has 2 heterocycles. The molecule has 3 aromatic rings. The SMILES string of the molecule is Cc1cc(C(=O)CN2C(=O)NC(Cc3ccccc3)C2=O)c(C)n1CCc1ccc(Cl)cc1. The number of aryl methyl sites for hydroxylation is 2. The smallest absolute Gasteiger partial charge is 0.325 e. The Balaban J connectivity index is 1.43. The van der Waals surface area contributed by atoms with E-state index in [0.717, 1.165) is 40.4 Å². The van der Waals surface area contributed by atoms with E-state index < -0.39 is 12.1 Å². The second-order valence-electron chi connectivity index (χ2n) is 8.35. The standard InChI is InChI=1S/C26H26ClN3O3/c1-17-14-22(18(2)29(17)13-12-19-8-10-21(27)11-9-19)24(31)16-30-25(32)23(28-26(30)33)15-20-6-4-3-5-7-20/h3-11,14,23H,12-13,15-16H2,1-2H3,(H,28,33). The van der Waals surface area contributed by atoms with Crippen LogP contribution in [0.4, 0.5) is 4.79 Å². The van der Waals surface area contributed by atoms with Gasteiger partial charge in [-0.2, -0.15) is 0 Å². The number of Topliss-reactive ketones (excluding diaryl/α,β-unsaturated/α-hetero) is 1. The summed E-state index contributed by atoms with van der Waals surface area (Å²) in [4.78, 5) is 39.3. The fourth-order valence-corrected chi connectivity index (χ4v) is 4.39. The average molecular weight is 464 g/mol. The minimum atomic E-state index is -0.653. The van der Waals surface area contributed by atoms with Gasteiger partial charge >= 0.3 is 6.03 Å². The first-order valence-corrected chi connectivity index (χ1v) is 11.3. The summed E-state index contributed by atoms with van der Waals surface area (Å²) in [6.45, 7) is 4.30. The third-order valence-corrected chi connectivity index (χ3v) is 6.35. The number of aromatic nitrogens is 1. The van der Waals surface area contributed by atoms with E-state index in [0.29, 0.717) is 17.0 Å². The Kier molecular flexibility index (Phi) is 6.65. The minimum Gasteiger partial charge on any atom is -0.348 e. The molecule has 0 saturated carbocycles. The van der Waals surface area contributed by atoms with Gasteiger partial charge in [0.05, 0.1) is 6.54 Å². The Bertz CT molecular complexity index is 1190. The normalized spacial score (nSPS) is 15.7. The summed E-state index contributed by atoms with van der Waals surface area (Å²) in [6, 6.07) is 17.9. The van der Waals surface area contributed by atoms with Crippen LogP contribution in [0.3, 0.4) is 0 Å². The van der Waals surface area contributed by atoms with Crippen molar-refractivity contribution in [1.29, 1.82) is 0 Å². The van der Waals surface area contributed by atoms with E-state index in [9.17, 15) is 14.4 Å². The van der Waals surface area contributed by atoms with Gasteiger partial charge in [-0.1, -0.05) is 54.1 Å². The number of imide groups is 1. The van der Waals surface area contributed by atoms with Crippen molar-refractivity contribution in [3.63, 3.8) is 0 Å². The molecule has 0 radical (unpaired) electrons. The molecule has 170 valence electrons. The number of nitrogens with zero attached hydrogens (tertiary/aromatic N) is 2. The summed E-state index contributed by atoms with van der Waals surface area (Å²) in [5, 5.41) is 3.40. The largest absolute Gasteiger partial charge is 0.348 e. The van der Waals surface area contributed by atoms with Gasteiger partial charge in [0.25, 0.3) is 5.91 Å². The summed E-state index contributed by atoms with van der Waals surface area (Å²) in [5.41, 5.74) is 4.44. The molecule has 1 saturated heterocycles. The average Bonchev–Trinajstić information content (AvgIpc) is 3.23. The lowest BCUT2D eigenvalue weighted by atomic mass is 10.1. The summed E-state index contributed by atoms with van der Waals surface area (Å²) < 4.78 is 2.09. The van der Waals surface area contributed by atoms with E-state index in [2.05, 4.69) is 9.88 Å². The molecule has 3 amide bonds. The molecule has 1 atom stereocenters. The molecule has 1 unspecified atom stereocenters. The van der Waals surface area contributed by atoms with Crippen molar-refractivity contribution >= 4 is 29.3 Å². The molecular weight excluding hydrogens is 438 g/mol. The quantitative estimate of drug-likeness (QED) is 0.399. The first-order valence-electron chi connectivity index (χ1n) is 10.9. The van der Waals surface area contributed by atoms with Crippen molar-refractivity contribution in [1.82, 2.24) is 14.8 Å². The monoisotopic (exact) mass is 463 g/mol. The molecule has 0 spiro atoms. The molecule has 1 aliphatic rings. The first kappa shape index (κ1) is 22.8. The third-order valence-electron chi connectivity index (χ3n) is 6.10. The van der Waals surface area contributed by atoms with Gasteiger partial charge in [0.2, 0.25) is 0 Å². The van der Waals surface area contributed by atoms with Crippen LogP contribution >= 0.6 is 11.6 Å². The van der Waals surface area contributed by atoms with Gasteiger partial charge in [-0.15, -0.1) is 0 Å². The molecule has 1 N–H and O–H groups in total. The Morgan fingerprint density at radius 2 is 1.70 bits per heavy atom. The lowest BCUT2D eigenvalue weighted by Gasteiger charge is -2.13.